The maximum absolute atomic E-state index is 4.48. The summed E-state index contributed by atoms with van der Waals surface area (Å²) in [5.74, 6) is 0.760. The molecule has 102 valence electrons. The van der Waals surface area contributed by atoms with Crippen molar-refractivity contribution in [2.45, 2.75) is 52.0 Å². The first kappa shape index (κ1) is 15.6. The number of nitrogens with zero attached hydrogens (tertiary/aromatic N) is 1. The molecule has 1 heterocycles. The third-order valence-electron chi connectivity index (χ3n) is 3.48. The van der Waals surface area contributed by atoms with Crippen LogP contribution >= 0.6 is 15.9 Å². The van der Waals surface area contributed by atoms with Crippen LogP contribution in [-0.4, -0.2) is 18.1 Å². The van der Waals surface area contributed by atoms with E-state index >= 15 is 0 Å². The lowest BCUT2D eigenvalue weighted by Crippen LogP contribution is -2.35. The molecular formula is C15H25BrN2. The van der Waals surface area contributed by atoms with Gasteiger partial charge in [0.15, 0.2) is 0 Å². The predicted octanol–water partition coefficient (Wildman–Crippen LogP) is 4.19. The Labute approximate surface area is 120 Å². The zero-order valence-electron chi connectivity index (χ0n) is 11.7. The van der Waals surface area contributed by atoms with Crippen LogP contribution in [0.25, 0.3) is 0 Å². The van der Waals surface area contributed by atoms with E-state index in [0.717, 1.165) is 16.8 Å². The second-order valence-electron chi connectivity index (χ2n) is 4.90. The highest BCUT2D eigenvalue weighted by Crippen LogP contribution is 2.20. The van der Waals surface area contributed by atoms with Crippen molar-refractivity contribution in [3.05, 3.63) is 28.5 Å². The van der Waals surface area contributed by atoms with E-state index < -0.39 is 0 Å². The van der Waals surface area contributed by atoms with Crippen LogP contribution in [0.1, 0.15) is 45.2 Å². The molecule has 0 spiro atoms. The van der Waals surface area contributed by atoms with Crippen molar-refractivity contribution in [3.63, 3.8) is 0 Å². The lowest BCUT2D eigenvalue weighted by molar-refractivity contribution is 0.321. The van der Waals surface area contributed by atoms with Crippen LogP contribution < -0.4 is 5.32 Å². The molecule has 0 bridgehead atoms. The zero-order chi connectivity index (χ0) is 13.4. The van der Waals surface area contributed by atoms with Gasteiger partial charge in [-0.1, -0.05) is 26.7 Å². The fraction of sp³-hybridized carbons (Fsp3) is 0.667. The molecule has 0 amide bonds. The first-order valence-electron chi connectivity index (χ1n) is 6.98. The maximum atomic E-state index is 4.48. The Kier molecular flexibility index (Phi) is 7.52. The summed E-state index contributed by atoms with van der Waals surface area (Å²) in [7, 11) is 2.07. The number of pyridine rings is 1. The molecule has 2 nitrogen and oxygen atoms in total. The standard InChI is InChI=1S/C15H25BrN2/c1-4-6-12(7-5-2)15(17-3)10-14-9-8-13(16)11-18-14/h8-9,11-12,15,17H,4-7,10H2,1-3H3. The number of likely N-dealkylation sites (N-methyl/N-ethyl adjacent to an activating group) is 1. The van der Waals surface area contributed by atoms with Crippen LogP contribution in [-0.2, 0) is 6.42 Å². The van der Waals surface area contributed by atoms with Crippen LogP contribution in [0.5, 0.6) is 0 Å². The quantitative estimate of drug-likeness (QED) is 0.778. The third-order valence-corrected chi connectivity index (χ3v) is 3.95. The minimum Gasteiger partial charge on any atom is -0.316 e. The van der Waals surface area contributed by atoms with Gasteiger partial charge in [-0.15, -0.1) is 0 Å². The summed E-state index contributed by atoms with van der Waals surface area (Å²) in [4.78, 5) is 4.48. The van der Waals surface area contributed by atoms with Crippen molar-refractivity contribution in [1.82, 2.24) is 10.3 Å². The molecule has 0 saturated heterocycles. The average Bonchev–Trinajstić information content (AvgIpc) is 2.38. The maximum Gasteiger partial charge on any atom is 0.0420 e. The molecule has 3 heteroatoms. The van der Waals surface area contributed by atoms with Crippen LogP contribution in [0.3, 0.4) is 0 Å². The van der Waals surface area contributed by atoms with Gasteiger partial charge in [0.2, 0.25) is 0 Å². The molecule has 0 aliphatic heterocycles. The summed E-state index contributed by atoms with van der Waals surface area (Å²) in [5.41, 5.74) is 1.18. The Balaban J connectivity index is 2.66. The molecule has 0 saturated carbocycles. The first-order valence-corrected chi connectivity index (χ1v) is 7.78. The second kappa shape index (κ2) is 8.65. The summed E-state index contributed by atoms with van der Waals surface area (Å²) >= 11 is 3.43. The lowest BCUT2D eigenvalue weighted by Gasteiger charge is -2.26. The number of hydrogen-bond acceptors (Lipinski definition) is 2. The molecule has 1 aromatic heterocycles. The second-order valence-corrected chi connectivity index (χ2v) is 5.82. The van der Waals surface area contributed by atoms with Crippen molar-refractivity contribution in [1.29, 1.82) is 0 Å². The Bertz CT molecular complexity index is 318. The molecule has 1 rings (SSSR count). The fourth-order valence-electron chi connectivity index (χ4n) is 2.55. The van der Waals surface area contributed by atoms with Gasteiger partial charge in [0, 0.05) is 28.8 Å². The van der Waals surface area contributed by atoms with E-state index in [4.69, 9.17) is 0 Å². The third kappa shape index (κ3) is 5.07. The van der Waals surface area contributed by atoms with E-state index in [1.54, 1.807) is 0 Å². The Hall–Kier alpha value is -0.410. The average molecular weight is 313 g/mol. The van der Waals surface area contributed by atoms with Crippen LogP contribution in [0, 0.1) is 5.92 Å². The Morgan fingerprint density at radius 1 is 1.22 bits per heavy atom. The highest BCUT2D eigenvalue weighted by atomic mass is 79.9. The number of halogens is 1. The molecular weight excluding hydrogens is 288 g/mol. The van der Waals surface area contributed by atoms with Gasteiger partial charge in [-0.3, -0.25) is 4.98 Å². The van der Waals surface area contributed by atoms with E-state index in [2.05, 4.69) is 59.3 Å². The van der Waals surface area contributed by atoms with Gasteiger partial charge < -0.3 is 5.32 Å². The number of aromatic nitrogens is 1. The highest BCUT2D eigenvalue weighted by molar-refractivity contribution is 9.10. The van der Waals surface area contributed by atoms with Crippen LogP contribution in [0.15, 0.2) is 22.8 Å². The summed E-state index contributed by atoms with van der Waals surface area (Å²) in [6.07, 6.45) is 8.03. The molecule has 1 atom stereocenters. The van der Waals surface area contributed by atoms with E-state index in [-0.39, 0.29) is 0 Å². The van der Waals surface area contributed by atoms with E-state index in [9.17, 15) is 0 Å². The van der Waals surface area contributed by atoms with Gasteiger partial charge in [0.1, 0.15) is 0 Å². The topological polar surface area (TPSA) is 24.9 Å². The van der Waals surface area contributed by atoms with Crippen molar-refractivity contribution >= 4 is 15.9 Å². The first-order chi connectivity index (χ1) is 8.71. The molecule has 1 aromatic rings. The summed E-state index contributed by atoms with van der Waals surface area (Å²) < 4.78 is 1.05. The van der Waals surface area contributed by atoms with Gasteiger partial charge in [-0.25, -0.2) is 0 Å². The van der Waals surface area contributed by atoms with Gasteiger partial charge >= 0.3 is 0 Å². The monoisotopic (exact) mass is 312 g/mol. The number of rotatable bonds is 8. The van der Waals surface area contributed by atoms with Gasteiger partial charge in [0.25, 0.3) is 0 Å². The fourth-order valence-corrected chi connectivity index (χ4v) is 2.78. The van der Waals surface area contributed by atoms with Gasteiger partial charge in [0.05, 0.1) is 0 Å². The van der Waals surface area contributed by atoms with Crippen molar-refractivity contribution in [2.75, 3.05) is 7.05 Å². The predicted molar refractivity (Wildman–Crippen MR) is 81.8 cm³/mol. The zero-order valence-corrected chi connectivity index (χ0v) is 13.3. The summed E-state index contributed by atoms with van der Waals surface area (Å²) in [6, 6.07) is 4.73. The van der Waals surface area contributed by atoms with Gasteiger partial charge in [-0.05, 0) is 53.9 Å². The minimum absolute atomic E-state index is 0.540. The molecule has 0 aliphatic carbocycles. The van der Waals surface area contributed by atoms with Crippen LogP contribution in [0.2, 0.25) is 0 Å². The molecule has 0 radical (unpaired) electrons. The number of nitrogens with one attached hydrogen (secondary N) is 1. The minimum atomic E-state index is 0.540. The van der Waals surface area contributed by atoms with E-state index in [0.29, 0.717) is 6.04 Å². The van der Waals surface area contributed by atoms with E-state index in [1.165, 1.54) is 31.4 Å². The van der Waals surface area contributed by atoms with E-state index in [1.807, 2.05) is 6.20 Å². The normalized spacial score (nSPS) is 12.9. The molecule has 18 heavy (non-hydrogen) atoms. The van der Waals surface area contributed by atoms with Crippen molar-refractivity contribution in [3.8, 4) is 0 Å². The van der Waals surface area contributed by atoms with Gasteiger partial charge in [-0.2, -0.15) is 0 Å². The molecule has 0 fully saturated rings. The highest BCUT2D eigenvalue weighted by Gasteiger charge is 2.19. The largest absolute Gasteiger partial charge is 0.316 e. The molecule has 1 N–H and O–H groups in total. The Morgan fingerprint density at radius 3 is 2.33 bits per heavy atom. The molecule has 0 aromatic carbocycles. The lowest BCUT2D eigenvalue weighted by atomic mass is 9.88. The van der Waals surface area contributed by atoms with Crippen molar-refractivity contribution in [2.24, 2.45) is 5.92 Å². The SMILES string of the molecule is CCCC(CCC)C(Cc1ccc(Br)cn1)NC. The smallest absolute Gasteiger partial charge is 0.0420 e. The summed E-state index contributed by atoms with van der Waals surface area (Å²) in [5, 5.41) is 3.48. The number of hydrogen-bond donors (Lipinski definition) is 1. The van der Waals surface area contributed by atoms with Crippen LogP contribution in [0.4, 0.5) is 0 Å². The summed E-state index contributed by atoms with van der Waals surface area (Å²) in [6.45, 7) is 4.54. The van der Waals surface area contributed by atoms with Crippen molar-refractivity contribution < 1.29 is 0 Å². The Morgan fingerprint density at radius 2 is 1.89 bits per heavy atom. The molecule has 0 aliphatic rings. The molecule has 1 unspecified atom stereocenters.